The highest BCUT2D eigenvalue weighted by atomic mass is 16.5. The lowest BCUT2D eigenvalue weighted by Crippen LogP contribution is -3.11. The standard InChI is InChI=1S/C22H26N4O3/c1-17-9-11-18(12-10-17)24-21(27)15-25(2)16-22(28)26(14-6-13-23)19-7-4-5-8-20(19)29-3/h4-5,7-12H,6,14-16H2,1-3H3,(H,24,27)/p+1. The highest BCUT2D eigenvalue weighted by Crippen LogP contribution is 2.27. The van der Waals surface area contributed by atoms with Crippen LogP contribution in [-0.4, -0.2) is 45.6 Å². The van der Waals surface area contributed by atoms with Crippen molar-refractivity contribution in [1.82, 2.24) is 0 Å². The molecule has 0 aliphatic rings. The summed E-state index contributed by atoms with van der Waals surface area (Å²) in [7, 11) is 3.33. The van der Waals surface area contributed by atoms with Crippen molar-refractivity contribution in [3.05, 3.63) is 54.1 Å². The smallest absolute Gasteiger partial charge is 0.282 e. The van der Waals surface area contributed by atoms with Gasteiger partial charge in [0.15, 0.2) is 13.1 Å². The van der Waals surface area contributed by atoms with E-state index >= 15 is 0 Å². The molecule has 0 radical (unpaired) electrons. The van der Waals surface area contributed by atoms with Crippen molar-refractivity contribution in [3.63, 3.8) is 0 Å². The Morgan fingerprint density at radius 1 is 1.14 bits per heavy atom. The predicted molar refractivity (Wildman–Crippen MR) is 112 cm³/mol. The molecule has 2 amide bonds. The molecule has 152 valence electrons. The van der Waals surface area contributed by atoms with Crippen molar-refractivity contribution >= 4 is 23.2 Å². The van der Waals surface area contributed by atoms with Gasteiger partial charge in [-0.2, -0.15) is 5.26 Å². The molecule has 2 aromatic carbocycles. The van der Waals surface area contributed by atoms with Crippen LogP contribution in [0.15, 0.2) is 48.5 Å². The van der Waals surface area contributed by atoms with Gasteiger partial charge in [0.1, 0.15) is 5.75 Å². The monoisotopic (exact) mass is 395 g/mol. The molecule has 2 N–H and O–H groups in total. The molecule has 7 heteroatoms. The number of para-hydroxylation sites is 2. The summed E-state index contributed by atoms with van der Waals surface area (Å²) in [6.07, 6.45) is 0.205. The van der Waals surface area contributed by atoms with E-state index in [2.05, 4.69) is 11.4 Å². The quantitative estimate of drug-likeness (QED) is 0.672. The molecule has 29 heavy (non-hydrogen) atoms. The van der Waals surface area contributed by atoms with Gasteiger partial charge in [-0.15, -0.1) is 0 Å². The fourth-order valence-electron chi connectivity index (χ4n) is 2.93. The summed E-state index contributed by atoms with van der Waals surface area (Å²) in [5, 5.41) is 11.8. The second-order valence-corrected chi connectivity index (χ2v) is 6.85. The number of amides is 2. The zero-order chi connectivity index (χ0) is 21.2. The molecule has 1 unspecified atom stereocenters. The van der Waals surface area contributed by atoms with Crippen LogP contribution >= 0.6 is 0 Å². The summed E-state index contributed by atoms with van der Waals surface area (Å²) in [5.41, 5.74) is 2.46. The van der Waals surface area contributed by atoms with Crippen LogP contribution < -0.4 is 19.9 Å². The van der Waals surface area contributed by atoms with Gasteiger partial charge in [-0.1, -0.05) is 29.8 Å². The Balaban J connectivity index is 2.01. The van der Waals surface area contributed by atoms with Crippen molar-refractivity contribution < 1.29 is 19.2 Å². The van der Waals surface area contributed by atoms with Crippen LogP contribution in [0.4, 0.5) is 11.4 Å². The summed E-state index contributed by atoms with van der Waals surface area (Å²) in [5.74, 6) is 0.221. The zero-order valence-electron chi connectivity index (χ0n) is 17.1. The fourth-order valence-corrected chi connectivity index (χ4v) is 2.93. The molecule has 0 saturated carbocycles. The molecule has 0 spiro atoms. The van der Waals surface area contributed by atoms with Gasteiger partial charge in [0.2, 0.25) is 0 Å². The lowest BCUT2D eigenvalue weighted by molar-refractivity contribution is -0.862. The number of nitrogens with zero attached hydrogens (tertiary/aromatic N) is 2. The number of anilines is 2. The van der Waals surface area contributed by atoms with Crippen molar-refractivity contribution in [2.45, 2.75) is 13.3 Å². The Morgan fingerprint density at radius 2 is 1.83 bits per heavy atom. The van der Waals surface area contributed by atoms with Crippen LogP contribution in [0.3, 0.4) is 0 Å². The third-order valence-corrected chi connectivity index (χ3v) is 4.37. The van der Waals surface area contributed by atoms with Crippen molar-refractivity contribution in [1.29, 1.82) is 5.26 Å². The number of likely N-dealkylation sites (N-methyl/N-ethyl adjacent to an activating group) is 1. The first kappa shape index (κ1) is 21.9. The first-order valence-electron chi connectivity index (χ1n) is 9.42. The van der Waals surface area contributed by atoms with Gasteiger partial charge in [-0.3, -0.25) is 9.59 Å². The third kappa shape index (κ3) is 6.63. The van der Waals surface area contributed by atoms with Gasteiger partial charge in [-0.05, 0) is 31.2 Å². The number of aryl methyl sites for hydroxylation is 1. The van der Waals surface area contributed by atoms with E-state index in [1.807, 2.05) is 43.3 Å². The van der Waals surface area contributed by atoms with Gasteiger partial charge in [-0.25, -0.2) is 0 Å². The fraction of sp³-hybridized carbons (Fsp3) is 0.318. The highest BCUT2D eigenvalue weighted by Gasteiger charge is 2.23. The number of methoxy groups -OCH3 is 1. The molecule has 1 atom stereocenters. The summed E-state index contributed by atoms with van der Waals surface area (Å²) in [6, 6.07) is 16.8. The number of benzene rings is 2. The van der Waals surface area contributed by atoms with Gasteiger partial charge in [0, 0.05) is 12.2 Å². The molecule has 0 bridgehead atoms. The van der Waals surface area contributed by atoms with Gasteiger partial charge in [0.25, 0.3) is 11.8 Å². The number of nitrogens with one attached hydrogen (secondary N) is 2. The minimum atomic E-state index is -0.176. The maximum absolute atomic E-state index is 12.9. The van der Waals surface area contributed by atoms with Gasteiger partial charge >= 0.3 is 0 Å². The van der Waals surface area contributed by atoms with Gasteiger partial charge < -0.3 is 19.9 Å². The van der Waals surface area contributed by atoms with Crippen molar-refractivity contribution in [3.8, 4) is 11.8 Å². The average Bonchev–Trinajstić information content (AvgIpc) is 2.70. The SMILES string of the molecule is COc1ccccc1N(CCC#N)C(=O)C[NH+](C)CC(=O)Nc1ccc(C)cc1. The van der Waals surface area contributed by atoms with Crippen molar-refractivity contribution in [2.75, 3.05) is 44.0 Å². The summed E-state index contributed by atoms with van der Waals surface area (Å²) in [6.45, 7) is 2.51. The average molecular weight is 395 g/mol. The molecule has 0 fully saturated rings. The molecular weight excluding hydrogens is 368 g/mol. The first-order chi connectivity index (χ1) is 13.9. The van der Waals surface area contributed by atoms with Crippen LogP contribution in [0, 0.1) is 18.3 Å². The topological polar surface area (TPSA) is 86.9 Å². The lowest BCUT2D eigenvalue weighted by Gasteiger charge is -2.24. The maximum atomic E-state index is 12.9. The molecule has 7 nitrogen and oxygen atoms in total. The summed E-state index contributed by atoms with van der Waals surface area (Å²) >= 11 is 0. The van der Waals surface area contributed by atoms with Crippen LogP contribution in [0.2, 0.25) is 0 Å². The normalized spacial score (nSPS) is 11.2. The second kappa shape index (κ2) is 10.8. The van der Waals surface area contributed by atoms with E-state index in [1.54, 1.807) is 31.2 Å². The zero-order valence-corrected chi connectivity index (χ0v) is 17.1. The minimum absolute atomic E-state index is 0.116. The summed E-state index contributed by atoms with van der Waals surface area (Å²) < 4.78 is 5.35. The number of carbonyl (C=O) groups is 2. The summed E-state index contributed by atoms with van der Waals surface area (Å²) in [4.78, 5) is 27.5. The van der Waals surface area contributed by atoms with E-state index < -0.39 is 0 Å². The Labute approximate surface area is 171 Å². The number of carbonyl (C=O) groups excluding carboxylic acids is 2. The molecule has 0 aliphatic carbocycles. The number of quaternary nitrogens is 1. The molecule has 2 aromatic rings. The van der Waals surface area contributed by atoms with E-state index in [4.69, 9.17) is 10.00 Å². The number of hydrogen-bond acceptors (Lipinski definition) is 4. The third-order valence-electron chi connectivity index (χ3n) is 4.37. The maximum Gasteiger partial charge on any atom is 0.282 e. The lowest BCUT2D eigenvalue weighted by atomic mass is 10.2. The largest absolute Gasteiger partial charge is 0.495 e. The predicted octanol–water partition coefficient (Wildman–Crippen LogP) is 1.40. The van der Waals surface area contributed by atoms with Crippen LogP contribution in [-0.2, 0) is 9.59 Å². The molecule has 0 heterocycles. The molecule has 0 aliphatic heterocycles. The number of rotatable bonds is 9. The first-order valence-corrected chi connectivity index (χ1v) is 9.42. The molecule has 0 saturated heterocycles. The van der Waals surface area contributed by atoms with Crippen LogP contribution in [0.5, 0.6) is 5.75 Å². The Morgan fingerprint density at radius 3 is 2.48 bits per heavy atom. The van der Waals surface area contributed by atoms with E-state index in [0.29, 0.717) is 11.4 Å². The van der Waals surface area contributed by atoms with E-state index in [0.717, 1.165) is 16.2 Å². The minimum Gasteiger partial charge on any atom is -0.495 e. The van der Waals surface area contributed by atoms with Crippen LogP contribution in [0.1, 0.15) is 12.0 Å². The number of hydrogen-bond donors (Lipinski definition) is 2. The highest BCUT2D eigenvalue weighted by molar-refractivity contribution is 5.96. The Bertz CT molecular complexity index is 874. The molecule has 2 rings (SSSR count). The molecular formula is C22H27N4O3+. The second-order valence-electron chi connectivity index (χ2n) is 6.85. The van der Waals surface area contributed by atoms with Crippen LogP contribution in [0.25, 0.3) is 0 Å². The Hall–Kier alpha value is -3.37. The van der Waals surface area contributed by atoms with E-state index in [-0.39, 0.29) is 37.9 Å². The number of nitriles is 1. The van der Waals surface area contributed by atoms with Crippen molar-refractivity contribution in [2.24, 2.45) is 0 Å². The van der Waals surface area contributed by atoms with E-state index in [1.165, 1.54) is 0 Å². The molecule has 0 aromatic heterocycles. The van der Waals surface area contributed by atoms with Gasteiger partial charge in [0.05, 0.1) is 32.3 Å². The number of ether oxygens (including phenoxy) is 1. The Kier molecular flexibility index (Phi) is 8.19. The van der Waals surface area contributed by atoms with E-state index in [9.17, 15) is 9.59 Å².